The van der Waals surface area contributed by atoms with E-state index in [0.717, 1.165) is 19.3 Å². The van der Waals surface area contributed by atoms with Crippen LogP contribution in [0.1, 0.15) is 19.3 Å². The molecular formula is C14H19N5O5. The van der Waals surface area contributed by atoms with Crippen molar-refractivity contribution in [2.24, 2.45) is 5.92 Å². The van der Waals surface area contributed by atoms with Crippen LogP contribution in [0.5, 0.6) is 0 Å². The first-order valence-corrected chi connectivity index (χ1v) is 7.86. The molecule has 2 fully saturated rings. The van der Waals surface area contributed by atoms with Crippen LogP contribution < -0.4 is 5.32 Å². The van der Waals surface area contributed by atoms with Crippen LogP contribution in [0.4, 0.5) is 5.82 Å². The molecule has 2 N–H and O–H groups in total. The summed E-state index contributed by atoms with van der Waals surface area (Å²) in [6, 6.07) is 0. The number of amides is 2. The highest BCUT2D eigenvalue weighted by molar-refractivity contribution is 5.92. The summed E-state index contributed by atoms with van der Waals surface area (Å²) in [5, 5.41) is 19.3. The topological polar surface area (TPSA) is 127 Å². The summed E-state index contributed by atoms with van der Waals surface area (Å²) in [6.45, 7) is 0.456. The van der Waals surface area contributed by atoms with E-state index >= 15 is 0 Å². The van der Waals surface area contributed by atoms with E-state index in [1.54, 1.807) is 0 Å². The quantitative estimate of drug-likeness (QED) is 0.729. The molecule has 1 aliphatic heterocycles. The summed E-state index contributed by atoms with van der Waals surface area (Å²) < 4.78 is 6.40. The van der Waals surface area contributed by atoms with Crippen molar-refractivity contribution in [3.8, 4) is 0 Å². The molecule has 1 aromatic heterocycles. The zero-order chi connectivity index (χ0) is 17.1. The van der Waals surface area contributed by atoms with E-state index in [1.807, 2.05) is 0 Å². The van der Waals surface area contributed by atoms with Crippen LogP contribution in [-0.4, -0.2) is 68.6 Å². The maximum atomic E-state index is 12.2. The summed E-state index contributed by atoms with van der Waals surface area (Å²) in [4.78, 5) is 36.4. The Hall–Kier alpha value is -2.49. The fraction of sp³-hybridized carbons (Fsp3) is 0.643. The average molecular weight is 337 g/mol. The van der Waals surface area contributed by atoms with E-state index in [9.17, 15) is 14.4 Å². The molecule has 2 amide bonds. The standard InChI is InChI=1S/C14H19N5O5/c20-12(18-4-5-24-10(6-18)14(22)23)8-19-7-11(16-17-19)15-13(21)9-2-1-3-9/h7,9-10H,1-6,8H2,(H,15,21)(H,22,23). The van der Waals surface area contributed by atoms with Crippen LogP contribution in [0.2, 0.25) is 0 Å². The van der Waals surface area contributed by atoms with Gasteiger partial charge < -0.3 is 20.1 Å². The van der Waals surface area contributed by atoms with Gasteiger partial charge in [-0.2, -0.15) is 0 Å². The number of anilines is 1. The van der Waals surface area contributed by atoms with Gasteiger partial charge in [0.1, 0.15) is 6.54 Å². The lowest BCUT2D eigenvalue weighted by Crippen LogP contribution is -2.49. The predicted octanol–water partition coefficient (Wildman–Crippen LogP) is -0.671. The molecular weight excluding hydrogens is 318 g/mol. The summed E-state index contributed by atoms with van der Waals surface area (Å²) in [7, 11) is 0. The number of morpholine rings is 1. The van der Waals surface area contributed by atoms with Crippen molar-refractivity contribution < 1.29 is 24.2 Å². The molecule has 0 bridgehead atoms. The van der Waals surface area contributed by atoms with Crippen LogP contribution in [-0.2, 0) is 25.7 Å². The van der Waals surface area contributed by atoms with Crippen LogP contribution in [0.25, 0.3) is 0 Å². The van der Waals surface area contributed by atoms with Crippen LogP contribution >= 0.6 is 0 Å². The van der Waals surface area contributed by atoms with Crippen LogP contribution in [0.15, 0.2) is 6.20 Å². The predicted molar refractivity (Wildman–Crippen MR) is 79.9 cm³/mol. The average Bonchev–Trinajstić information content (AvgIpc) is 2.92. The minimum atomic E-state index is -1.09. The van der Waals surface area contributed by atoms with Gasteiger partial charge in [0.2, 0.25) is 11.8 Å². The van der Waals surface area contributed by atoms with Gasteiger partial charge in [-0.15, -0.1) is 5.10 Å². The summed E-state index contributed by atoms with van der Waals surface area (Å²) in [5.41, 5.74) is 0. The van der Waals surface area contributed by atoms with Crippen molar-refractivity contribution in [3.05, 3.63) is 6.20 Å². The van der Waals surface area contributed by atoms with Gasteiger partial charge >= 0.3 is 5.97 Å². The van der Waals surface area contributed by atoms with E-state index in [4.69, 9.17) is 9.84 Å². The van der Waals surface area contributed by atoms with E-state index in [2.05, 4.69) is 15.6 Å². The molecule has 10 nitrogen and oxygen atoms in total. The van der Waals surface area contributed by atoms with Gasteiger partial charge in [-0.3, -0.25) is 9.59 Å². The lowest BCUT2D eigenvalue weighted by Gasteiger charge is -2.30. The molecule has 24 heavy (non-hydrogen) atoms. The largest absolute Gasteiger partial charge is 0.479 e. The molecule has 1 aliphatic carbocycles. The molecule has 10 heteroatoms. The van der Waals surface area contributed by atoms with E-state index in [-0.39, 0.29) is 37.4 Å². The minimum Gasteiger partial charge on any atom is -0.479 e. The molecule has 130 valence electrons. The molecule has 0 radical (unpaired) electrons. The Morgan fingerprint density at radius 3 is 2.83 bits per heavy atom. The third kappa shape index (κ3) is 3.70. The number of rotatable bonds is 5. The van der Waals surface area contributed by atoms with Crippen molar-refractivity contribution in [1.29, 1.82) is 0 Å². The molecule has 1 atom stereocenters. The molecule has 3 rings (SSSR count). The Morgan fingerprint density at radius 2 is 2.17 bits per heavy atom. The molecule has 1 saturated carbocycles. The monoisotopic (exact) mass is 337 g/mol. The minimum absolute atomic E-state index is 0.00807. The number of nitrogens with zero attached hydrogens (tertiary/aromatic N) is 4. The Kier molecular flexibility index (Phi) is 4.74. The molecule has 1 saturated heterocycles. The number of nitrogens with one attached hydrogen (secondary N) is 1. The fourth-order valence-electron chi connectivity index (χ4n) is 2.60. The normalized spacial score (nSPS) is 21.2. The zero-order valence-electron chi connectivity index (χ0n) is 13.1. The van der Waals surface area contributed by atoms with Crippen molar-refractivity contribution in [2.45, 2.75) is 31.9 Å². The van der Waals surface area contributed by atoms with Gasteiger partial charge in [0.05, 0.1) is 19.3 Å². The number of aliphatic carboxylic acids is 1. The summed E-state index contributed by atoms with van der Waals surface area (Å²) in [6.07, 6.45) is 3.33. The van der Waals surface area contributed by atoms with Gasteiger partial charge in [0.15, 0.2) is 11.9 Å². The Bertz CT molecular complexity index is 641. The smallest absolute Gasteiger partial charge is 0.334 e. The van der Waals surface area contributed by atoms with Crippen LogP contribution in [0.3, 0.4) is 0 Å². The van der Waals surface area contributed by atoms with Crippen molar-refractivity contribution >= 4 is 23.6 Å². The van der Waals surface area contributed by atoms with Gasteiger partial charge in [0.25, 0.3) is 0 Å². The third-order valence-corrected chi connectivity index (χ3v) is 4.26. The number of hydrogen-bond acceptors (Lipinski definition) is 6. The molecule has 1 aromatic rings. The second-order valence-corrected chi connectivity index (χ2v) is 5.96. The second kappa shape index (κ2) is 6.95. The van der Waals surface area contributed by atoms with Gasteiger partial charge in [-0.25, -0.2) is 9.48 Å². The number of hydrogen-bond donors (Lipinski definition) is 2. The highest BCUT2D eigenvalue weighted by Gasteiger charge is 2.29. The highest BCUT2D eigenvalue weighted by atomic mass is 16.5. The zero-order valence-corrected chi connectivity index (χ0v) is 13.1. The molecule has 1 unspecified atom stereocenters. The number of aromatic nitrogens is 3. The molecule has 2 aliphatic rings. The fourth-order valence-corrected chi connectivity index (χ4v) is 2.60. The maximum Gasteiger partial charge on any atom is 0.334 e. The first kappa shape index (κ1) is 16.4. The molecule has 0 spiro atoms. The summed E-state index contributed by atoms with van der Waals surface area (Å²) >= 11 is 0. The van der Waals surface area contributed by atoms with Gasteiger partial charge in [-0.1, -0.05) is 11.6 Å². The van der Waals surface area contributed by atoms with Gasteiger partial charge in [0, 0.05) is 12.5 Å². The first-order valence-electron chi connectivity index (χ1n) is 7.86. The van der Waals surface area contributed by atoms with Crippen molar-refractivity contribution in [2.75, 3.05) is 25.0 Å². The number of carboxylic acid groups (broad SMARTS) is 1. The van der Waals surface area contributed by atoms with E-state index < -0.39 is 12.1 Å². The highest BCUT2D eigenvalue weighted by Crippen LogP contribution is 2.27. The third-order valence-electron chi connectivity index (χ3n) is 4.26. The lowest BCUT2D eigenvalue weighted by molar-refractivity contribution is -0.159. The van der Waals surface area contributed by atoms with Crippen LogP contribution in [0, 0.1) is 5.92 Å². The SMILES string of the molecule is O=C(Nc1cn(CC(=O)N2CCOC(C(=O)O)C2)nn1)C1CCC1. The first-order chi connectivity index (χ1) is 11.5. The number of carboxylic acids is 1. The number of ether oxygens (including phenoxy) is 1. The molecule has 0 aromatic carbocycles. The maximum absolute atomic E-state index is 12.2. The molecule has 2 heterocycles. The second-order valence-electron chi connectivity index (χ2n) is 5.96. The van der Waals surface area contributed by atoms with Crippen molar-refractivity contribution in [1.82, 2.24) is 19.9 Å². The van der Waals surface area contributed by atoms with Crippen molar-refractivity contribution in [3.63, 3.8) is 0 Å². The van der Waals surface area contributed by atoms with Gasteiger partial charge in [-0.05, 0) is 12.8 Å². The van der Waals surface area contributed by atoms with E-state index in [1.165, 1.54) is 15.8 Å². The lowest BCUT2D eigenvalue weighted by atomic mass is 9.85. The van der Waals surface area contributed by atoms with E-state index in [0.29, 0.717) is 12.4 Å². The Balaban J connectivity index is 1.53. The Labute approximate surface area is 137 Å². The number of carbonyl (C=O) groups excluding carboxylic acids is 2. The Morgan fingerprint density at radius 1 is 1.38 bits per heavy atom. The summed E-state index contributed by atoms with van der Waals surface area (Å²) in [5.74, 6) is -1.08. The number of carbonyl (C=O) groups is 3.